The molecule has 11 heteroatoms. The first-order chi connectivity index (χ1) is 14.5. The lowest BCUT2D eigenvalue weighted by molar-refractivity contribution is -0.263. The van der Waals surface area contributed by atoms with Crippen LogP contribution in [0.1, 0.15) is 41.9 Å². The van der Waals surface area contributed by atoms with Crippen LogP contribution >= 0.6 is 0 Å². The van der Waals surface area contributed by atoms with Crippen LogP contribution in [0.2, 0.25) is 0 Å². The fourth-order valence-corrected chi connectivity index (χ4v) is 3.68. The molecule has 2 N–H and O–H groups in total. The number of aromatic nitrogens is 4. The van der Waals surface area contributed by atoms with Crippen molar-refractivity contribution in [2.45, 2.75) is 38.2 Å². The number of rotatable bonds is 3. The average molecular weight is 437 g/mol. The van der Waals surface area contributed by atoms with Crippen LogP contribution in [0.15, 0.2) is 36.5 Å². The number of benzene rings is 1. The predicted molar refractivity (Wildman–Crippen MR) is 101 cm³/mol. The summed E-state index contributed by atoms with van der Waals surface area (Å²) in [4.78, 5) is 18.2. The number of halogens is 4. The van der Waals surface area contributed by atoms with Gasteiger partial charge in [-0.2, -0.15) is 18.3 Å². The van der Waals surface area contributed by atoms with Crippen LogP contribution < -0.4 is 0 Å². The molecular formula is C20H19F4N5O2. The number of H-pyrrole nitrogens is 1. The highest BCUT2D eigenvalue weighted by atomic mass is 19.4. The largest absolute Gasteiger partial charge is 0.424 e. The molecule has 1 aromatic carbocycles. The quantitative estimate of drug-likeness (QED) is 0.615. The molecule has 0 radical (unpaired) electrons. The first kappa shape index (κ1) is 21.0. The van der Waals surface area contributed by atoms with Gasteiger partial charge in [0.2, 0.25) is 5.60 Å². The molecule has 3 aromatic rings. The summed E-state index contributed by atoms with van der Waals surface area (Å²) >= 11 is 0. The van der Waals surface area contributed by atoms with E-state index >= 15 is 0 Å². The zero-order chi connectivity index (χ0) is 22.6. The van der Waals surface area contributed by atoms with Gasteiger partial charge in [-0.05, 0) is 44.2 Å². The number of fused-ring (bicyclic) bond motifs is 1. The molecule has 1 aliphatic rings. The lowest BCUT2D eigenvalue weighted by atomic mass is 10.0. The van der Waals surface area contributed by atoms with E-state index in [2.05, 4.69) is 15.2 Å². The first-order valence-electron chi connectivity index (χ1n) is 9.45. The van der Waals surface area contributed by atoms with E-state index in [9.17, 15) is 27.5 Å². The molecule has 31 heavy (non-hydrogen) atoms. The Morgan fingerprint density at radius 2 is 1.94 bits per heavy atom. The number of aliphatic hydroxyl groups is 1. The van der Waals surface area contributed by atoms with Gasteiger partial charge in [0.1, 0.15) is 11.5 Å². The molecule has 3 heterocycles. The Bertz CT molecular complexity index is 1120. The van der Waals surface area contributed by atoms with Gasteiger partial charge in [0.05, 0.1) is 30.2 Å². The molecule has 164 valence electrons. The smallest absolute Gasteiger partial charge is 0.374 e. The van der Waals surface area contributed by atoms with Crippen LogP contribution in [-0.4, -0.2) is 48.4 Å². The van der Waals surface area contributed by atoms with Crippen molar-refractivity contribution in [1.82, 2.24) is 24.6 Å². The number of hydrogen-bond donors (Lipinski definition) is 2. The number of nitrogens with one attached hydrogen (secondary N) is 1. The van der Waals surface area contributed by atoms with Gasteiger partial charge < -0.3 is 14.6 Å². The second-order valence-corrected chi connectivity index (χ2v) is 7.72. The van der Waals surface area contributed by atoms with Gasteiger partial charge in [-0.1, -0.05) is 0 Å². The molecule has 4 rings (SSSR count). The van der Waals surface area contributed by atoms with Crippen LogP contribution in [0.25, 0.3) is 11.3 Å². The second kappa shape index (κ2) is 7.19. The summed E-state index contributed by atoms with van der Waals surface area (Å²) in [7, 11) is 0. The van der Waals surface area contributed by atoms with E-state index in [0.29, 0.717) is 23.9 Å². The number of nitrogens with zero attached hydrogens (tertiary/aromatic N) is 4. The van der Waals surface area contributed by atoms with Crippen molar-refractivity contribution in [1.29, 1.82) is 0 Å². The summed E-state index contributed by atoms with van der Waals surface area (Å²) in [5.74, 6) is -1.28. The molecule has 1 aliphatic heterocycles. The normalized spacial score (nSPS) is 18.5. The fourth-order valence-electron chi connectivity index (χ4n) is 3.68. The van der Waals surface area contributed by atoms with Crippen molar-refractivity contribution in [3.8, 4) is 11.3 Å². The van der Waals surface area contributed by atoms with Crippen molar-refractivity contribution in [2.24, 2.45) is 0 Å². The maximum absolute atomic E-state index is 13.3. The van der Waals surface area contributed by atoms with E-state index in [4.69, 9.17) is 0 Å². The molecule has 2 atom stereocenters. The van der Waals surface area contributed by atoms with E-state index in [0.717, 1.165) is 0 Å². The van der Waals surface area contributed by atoms with Crippen LogP contribution in [0.3, 0.4) is 0 Å². The minimum absolute atomic E-state index is 0.0228. The standard InChI is InChI=1S/C20H19F4N5O2/c1-11-9-28(10-14-8-25-18(29(11)14)19(2,31)20(22,23)24)17(30)16-7-15(26-27-16)12-3-5-13(21)6-4-12/h3-8,11,31H,9-10H2,1-2H3,(H,26,27)/t11-,19+/m0/s1. The SMILES string of the molecule is C[C@H]1CN(C(=O)c2cc(-c3ccc(F)cc3)n[nH]2)Cc2cnc([C@@](C)(O)C(F)(F)F)n21. The minimum atomic E-state index is -4.89. The molecule has 0 saturated carbocycles. The van der Waals surface area contributed by atoms with Crippen LogP contribution in [0.5, 0.6) is 0 Å². The molecular weight excluding hydrogens is 418 g/mol. The average Bonchev–Trinajstić information content (AvgIpc) is 3.35. The maximum Gasteiger partial charge on any atom is 0.424 e. The van der Waals surface area contributed by atoms with Gasteiger partial charge in [-0.3, -0.25) is 9.89 Å². The summed E-state index contributed by atoms with van der Waals surface area (Å²) in [5.41, 5.74) is -1.45. The molecule has 2 aromatic heterocycles. The van der Waals surface area contributed by atoms with Crippen LogP contribution in [0.4, 0.5) is 17.6 Å². The second-order valence-electron chi connectivity index (χ2n) is 7.72. The lowest BCUT2D eigenvalue weighted by Crippen LogP contribution is -2.45. The highest BCUT2D eigenvalue weighted by Crippen LogP contribution is 2.40. The van der Waals surface area contributed by atoms with E-state index in [1.165, 1.54) is 46.0 Å². The molecule has 1 amide bonds. The van der Waals surface area contributed by atoms with Crippen molar-refractivity contribution in [3.05, 3.63) is 59.6 Å². The van der Waals surface area contributed by atoms with Gasteiger partial charge in [0.25, 0.3) is 5.91 Å². The third-order valence-electron chi connectivity index (χ3n) is 5.37. The van der Waals surface area contributed by atoms with E-state index in [1.807, 2.05) is 0 Å². The van der Waals surface area contributed by atoms with Crippen molar-refractivity contribution >= 4 is 5.91 Å². The van der Waals surface area contributed by atoms with Gasteiger partial charge in [-0.15, -0.1) is 0 Å². The number of carbonyl (C=O) groups excluding carboxylic acids is 1. The highest BCUT2D eigenvalue weighted by Gasteiger charge is 2.55. The Kier molecular flexibility index (Phi) is 4.88. The van der Waals surface area contributed by atoms with Crippen molar-refractivity contribution in [2.75, 3.05) is 6.54 Å². The topological polar surface area (TPSA) is 87.0 Å². The Hall–Kier alpha value is -3.21. The number of imidazole rings is 1. The maximum atomic E-state index is 13.3. The monoisotopic (exact) mass is 437 g/mol. The molecule has 0 unspecified atom stereocenters. The van der Waals surface area contributed by atoms with Gasteiger partial charge >= 0.3 is 6.18 Å². The molecule has 0 saturated heterocycles. The number of carbonyl (C=O) groups is 1. The number of amides is 1. The van der Waals surface area contributed by atoms with Gasteiger partial charge in [-0.25, -0.2) is 9.37 Å². The van der Waals surface area contributed by atoms with Crippen LogP contribution in [-0.2, 0) is 12.1 Å². The molecule has 0 bridgehead atoms. The Balaban J connectivity index is 1.58. The van der Waals surface area contributed by atoms with Gasteiger partial charge in [0.15, 0.2) is 5.82 Å². The molecule has 0 fully saturated rings. The summed E-state index contributed by atoms with van der Waals surface area (Å²) in [6.07, 6.45) is -3.66. The van der Waals surface area contributed by atoms with E-state index < -0.39 is 29.5 Å². The van der Waals surface area contributed by atoms with E-state index in [-0.39, 0.29) is 24.7 Å². The lowest BCUT2D eigenvalue weighted by Gasteiger charge is -2.36. The summed E-state index contributed by atoms with van der Waals surface area (Å²) in [6.45, 7) is 2.45. The first-order valence-corrected chi connectivity index (χ1v) is 9.45. The zero-order valence-corrected chi connectivity index (χ0v) is 16.6. The Labute approximate surface area is 174 Å². The predicted octanol–water partition coefficient (Wildman–Crippen LogP) is 3.40. The minimum Gasteiger partial charge on any atom is -0.374 e. The Morgan fingerprint density at radius 1 is 1.26 bits per heavy atom. The third-order valence-corrected chi connectivity index (χ3v) is 5.37. The Morgan fingerprint density at radius 3 is 2.58 bits per heavy atom. The number of alkyl halides is 3. The van der Waals surface area contributed by atoms with Gasteiger partial charge in [0, 0.05) is 12.1 Å². The summed E-state index contributed by atoms with van der Waals surface area (Å²) < 4.78 is 54.3. The van der Waals surface area contributed by atoms with E-state index in [1.54, 1.807) is 6.92 Å². The van der Waals surface area contributed by atoms with Crippen molar-refractivity contribution < 1.29 is 27.5 Å². The number of hydrogen-bond acceptors (Lipinski definition) is 4. The zero-order valence-electron chi connectivity index (χ0n) is 16.6. The van der Waals surface area contributed by atoms with Crippen LogP contribution in [0, 0.1) is 5.82 Å². The molecule has 7 nitrogen and oxygen atoms in total. The molecule has 0 spiro atoms. The van der Waals surface area contributed by atoms with Crippen molar-refractivity contribution in [3.63, 3.8) is 0 Å². The molecule has 0 aliphatic carbocycles. The summed E-state index contributed by atoms with van der Waals surface area (Å²) in [5, 5.41) is 16.8. The number of aromatic amines is 1. The summed E-state index contributed by atoms with van der Waals surface area (Å²) in [6, 6.07) is 6.63. The highest BCUT2D eigenvalue weighted by molar-refractivity contribution is 5.93. The fraction of sp³-hybridized carbons (Fsp3) is 0.350. The third kappa shape index (κ3) is 3.58.